The highest BCUT2D eigenvalue weighted by Crippen LogP contribution is 2.36. The zero-order chi connectivity index (χ0) is 15.0. The third-order valence-corrected chi connectivity index (χ3v) is 5.31. The van der Waals surface area contributed by atoms with Gasteiger partial charge in [-0.2, -0.15) is 0 Å². The van der Waals surface area contributed by atoms with Gasteiger partial charge in [0.05, 0.1) is 10.6 Å². The van der Waals surface area contributed by atoms with Gasteiger partial charge in [0.25, 0.3) is 5.91 Å². The van der Waals surface area contributed by atoms with Gasteiger partial charge in [-0.15, -0.1) is 11.3 Å². The lowest BCUT2D eigenvalue weighted by atomic mass is 10.2. The summed E-state index contributed by atoms with van der Waals surface area (Å²) in [4.78, 5) is 15.6. The highest BCUT2D eigenvalue weighted by atomic mass is 32.2. The van der Waals surface area contributed by atoms with Crippen LogP contribution in [0.25, 0.3) is 6.08 Å². The van der Waals surface area contributed by atoms with Crippen molar-refractivity contribution in [1.29, 1.82) is 0 Å². The molecular weight excluding hydrogens is 325 g/mol. The van der Waals surface area contributed by atoms with Crippen molar-refractivity contribution in [3.8, 4) is 0 Å². The summed E-state index contributed by atoms with van der Waals surface area (Å²) in [5.74, 6) is -0.502. The summed E-state index contributed by atoms with van der Waals surface area (Å²) in [5.41, 5.74) is 1.72. The molecule has 3 rings (SSSR count). The minimum absolute atomic E-state index is 0.163. The molecule has 1 saturated heterocycles. The molecule has 0 atom stereocenters. The zero-order valence-corrected chi connectivity index (χ0v) is 13.4. The molecule has 2 heterocycles. The standard InChI is InChI=1S/C15H10FNOS3/c1-9-6-7-20-12(9)8-13-14(18)17(15(19)21-13)11-4-2-10(16)3-5-11/h2-8H,1H3/b13-8-. The number of thiocarbonyl (C=S) groups is 1. The maximum atomic E-state index is 13.0. The molecule has 2 nitrogen and oxygen atoms in total. The van der Waals surface area contributed by atoms with Gasteiger partial charge in [0.1, 0.15) is 5.82 Å². The number of halogens is 1. The number of thioether (sulfide) groups is 1. The Morgan fingerprint density at radius 3 is 2.57 bits per heavy atom. The summed E-state index contributed by atoms with van der Waals surface area (Å²) in [6, 6.07) is 7.76. The van der Waals surface area contributed by atoms with Crippen LogP contribution in [0.3, 0.4) is 0 Å². The molecule has 1 aliphatic rings. The van der Waals surface area contributed by atoms with E-state index in [1.54, 1.807) is 23.5 Å². The molecule has 1 aromatic heterocycles. The highest BCUT2D eigenvalue weighted by molar-refractivity contribution is 8.27. The van der Waals surface area contributed by atoms with E-state index in [4.69, 9.17) is 12.2 Å². The lowest BCUT2D eigenvalue weighted by Crippen LogP contribution is -2.27. The number of hydrogen-bond acceptors (Lipinski definition) is 4. The van der Waals surface area contributed by atoms with Crippen molar-refractivity contribution in [3.63, 3.8) is 0 Å². The van der Waals surface area contributed by atoms with Crippen molar-refractivity contribution in [2.45, 2.75) is 6.92 Å². The second-order valence-electron chi connectivity index (χ2n) is 4.46. The summed E-state index contributed by atoms with van der Waals surface area (Å²) < 4.78 is 13.5. The van der Waals surface area contributed by atoms with Gasteiger partial charge in [-0.1, -0.05) is 24.0 Å². The fourth-order valence-corrected chi connectivity index (χ4v) is 4.15. The SMILES string of the molecule is Cc1ccsc1/C=C1\SC(=S)N(c2ccc(F)cc2)C1=O. The number of amides is 1. The molecule has 0 aliphatic carbocycles. The van der Waals surface area contributed by atoms with Crippen molar-refractivity contribution in [2.24, 2.45) is 0 Å². The van der Waals surface area contributed by atoms with E-state index in [-0.39, 0.29) is 11.7 Å². The van der Waals surface area contributed by atoms with Crippen LogP contribution in [0, 0.1) is 12.7 Å². The molecule has 0 radical (unpaired) electrons. The quantitative estimate of drug-likeness (QED) is 0.591. The van der Waals surface area contributed by atoms with Crippen molar-refractivity contribution in [2.75, 3.05) is 4.90 Å². The third-order valence-electron chi connectivity index (χ3n) is 3.04. The van der Waals surface area contributed by atoms with Crippen molar-refractivity contribution >= 4 is 57.3 Å². The topological polar surface area (TPSA) is 20.3 Å². The van der Waals surface area contributed by atoms with Crippen LogP contribution in [0.5, 0.6) is 0 Å². The molecule has 6 heteroatoms. The Morgan fingerprint density at radius 2 is 1.95 bits per heavy atom. The Bertz CT molecular complexity index is 749. The molecule has 0 saturated carbocycles. The zero-order valence-electron chi connectivity index (χ0n) is 11.0. The first-order valence-corrected chi connectivity index (χ1v) is 8.24. The molecule has 106 valence electrons. The second-order valence-corrected chi connectivity index (χ2v) is 7.08. The number of hydrogen-bond donors (Lipinski definition) is 0. The Morgan fingerprint density at radius 1 is 1.24 bits per heavy atom. The molecule has 1 aliphatic heterocycles. The van der Waals surface area contributed by atoms with Gasteiger partial charge in [-0.3, -0.25) is 9.69 Å². The van der Waals surface area contributed by atoms with E-state index in [1.807, 2.05) is 24.4 Å². The van der Waals surface area contributed by atoms with Crippen LogP contribution in [0.4, 0.5) is 10.1 Å². The predicted octanol–water partition coefficient (Wildman–Crippen LogP) is 4.60. The lowest BCUT2D eigenvalue weighted by Gasteiger charge is -2.14. The normalized spacial score (nSPS) is 17.0. The van der Waals surface area contributed by atoms with Crippen LogP contribution in [-0.2, 0) is 4.79 Å². The minimum atomic E-state index is -0.339. The number of nitrogens with zero attached hydrogens (tertiary/aromatic N) is 1. The van der Waals surface area contributed by atoms with Gasteiger partial charge in [0, 0.05) is 4.88 Å². The molecular formula is C15H10FNOS3. The second kappa shape index (κ2) is 5.71. The van der Waals surface area contributed by atoms with Gasteiger partial charge in [0.2, 0.25) is 0 Å². The minimum Gasteiger partial charge on any atom is -0.268 e. The molecule has 0 spiro atoms. The molecule has 1 fully saturated rings. The third kappa shape index (κ3) is 2.79. The van der Waals surface area contributed by atoms with Crippen LogP contribution >= 0.6 is 35.3 Å². The van der Waals surface area contributed by atoms with Crippen molar-refractivity contribution in [1.82, 2.24) is 0 Å². The molecule has 0 N–H and O–H groups in total. The van der Waals surface area contributed by atoms with Gasteiger partial charge in [-0.05, 0) is 54.3 Å². The summed E-state index contributed by atoms with van der Waals surface area (Å²) in [6.45, 7) is 2.00. The van der Waals surface area contributed by atoms with Crippen LogP contribution in [0.1, 0.15) is 10.4 Å². The van der Waals surface area contributed by atoms with Crippen LogP contribution < -0.4 is 4.90 Å². The lowest BCUT2D eigenvalue weighted by molar-refractivity contribution is -0.113. The summed E-state index contributed by atoms with van der Waals surface area (Å²) in [7, 11) is 0. The number of anilines is 1. The molecule has 0 bridgehead atoms. The van der Waals surface area contributed by atoms with Gasteiger partial charge in [0.15, 0.2) is 4.32 Å². The Balaban J connectivity index is 1.94. The smallest absolute Gasteiger partial charge is 0.268 e. The van der Waals surface area contributed by atoms with Gasteiger partial charge >= 0.3 is 0 Å². The van der Waals surface area contributed by atoms with Crippen LogP contribution in [0.15, 0.2) is 40.6 Å². The fourth-order valence-electron chi connectivity index (χ4n) is 1.93. The Labute approximate surface area is 135 Å². The number of aryl methyl sites for hydroxylation is 1. The summed E-state index contributed by atoms with van der Waals surface area (Å²) >= 11 is 8.13. The highest BCUT2D eigenvalue weighted by Gasteiger charge is 2.33. The van der Waals surface area contributed by atoms with Gasteiger partial charge in [-0.25, -0.2) is 4.39 Å². The average Bonchev–Trinajstić information content (AvgIpc) is 2.97. The van der Waals surface area contributed by atoms with E-state index in [0.717, 1.165) is 10.4 Å². The Hall–Kier alpha value is -1.50. The monoisotopic (exact) mass is 335 g/mol. The van der Waals surface area contributed by atoms with E-state index >= 15 is 0 Å². The summed E-state index contributed by atoms with van der Waals surface area (Å²) in [6.07, 6.45) is 1.86. The van der Waals surface area contributed by atoms with E-state index < -0.39 is 0 Å². The van der Waals surface area contributed by atoms with Crippen LogP contribution in [0.2, 0.25) is 0 Å². The van der Waals surface area contributed by atoms with E-state index in [2.05, 4.69) is 0 Å². The van der Waals surface area contributed by atoms with E-state index in [0.29, 0.717) is 14.9 Å². The molecule has 2 aromatic rings. The first kappa shape index (κ1) is 14.4. The summed E-state index contributed by atoms with van der Waals surface area (Å²) in [5, 5.41) is 1.99. The molecule has 0 unspecified atom stereocenters. The fraction of sp³-hybridized carbons (Fsp3) is 0.0667. The molecule has 1 aromatic carbocycles. The van der Waals surface area contributed by atoms with Crippen molar-refractivity contribution in [3.05, 3.63) is 56.9 Å². The maximum absolute atomic E-state index is 13.0. The Kier molecular flexibility index (Phi) is 3.93. The average molecular weight is 335 g/mol. The number of rotatable bonds is 2. The van der Waals surface area contributed by atoms with Crippen molar-refractivity contribution < 1.29 is 9.18 Å². The van der Waals surface area contributed by atoms with Gasteiger partial charge < -0.3 is 0 Å². The molecule has 1 amide bonds. The number of carbonyl (C=O) groups excluding carboxylic acids is 1. The number of benzene rings is 1. The van der Waals surface area contributed by atoms with Crippen LogP contribution in [-0.4, -0.2) is 10.2 Å². The van der Waals surface area contributed by atoms with E-state index in [1.165, 1.54) is 28.8 Å². The number of carbonyl (C=O) groups is 1. The maximum Gasteiger partial charge on any atom is 0.270 e. The number of thiophene rings is 1. The molecule has 21 heavy (non-hydrogen) atoms. The predicted molar refractivity (Wildman–Crippen MR) is 91.1 cm³/mol. The largest absolute Gasteiger partial charge is 0.270 e. The van der Waals surface area contributed by atoms with E-state index in [9.17, 15) is 9.18 Å². The first-order chi connectivity index (χ1) is 10.1. The first-order valence-electron chi connectivity index (χ1n) is 6.14.